The van der Waals surface area contributed by atoms with E-state index < -0.39 is 25.1 Å². The van der Waals surface area contributed by atoms with Gasteiger partial charge in [0.1, 0.15) is 12.2 Å². The van der Waals surface area contributed by atoms with Gasteiger partial charge in [0.2, 0.25) is 0 Å². The van der Waals surface area contributed by atoms with Crippen LogP contribution in [-0.4, -0.2) is 59.8 Å². The Bertz CT molecular complexity index is 737. The Morgan fingerprint density at radius 1 is 1.27 bits per heavy atom. The number of aliphatic hydroxyl groups is 3. The van der Waals surface area contributed by atoms with Crippen LogP contribution in [0.3, 0.4) is 0 Å². The lowest BCUT2D eigenvalue weighted by molar-refractivity contribution is -0.0921. The van der Waals surface area contributed by atoms with Gasteiger partial charge in [0.05, 0.1) is 19.1 Å². The van der Waals surface area contributed by atoms with Gasteiger partial charge in [-0.1, -0.05) is 0 Å². The number of hydrogen-bond donors (Lipinski definition) is 4. The molecule has 0 bridgehead atoms. The SMILES string of the molecule is Nc1nc(OC2CCCC2)nc2c1ncn2C(O)[C@H](O)[C@H](O)CCCF. The second kappa shape index (κ2) is 8.11. The summed E-state index contributed by atoms with van der Waals surface area (Å²) in [6.45, 7) is -0.612. The molecule has 1 unspecified atom stereocenters. The zero-order chi connectivity index (χ0) is 18.7. The van der Waals surface area contributed by atoms with E-state index in [2.05, 4.69) is 15.0 Å². The molecule has 2 heterocycles. The summed E-state index contributed by atoms with van der Waals surface area (Å²) in [6, 6.07) is 0.0864. The van der Waals surface area contributed by atoms with Crippen molar-refractivity contribution in [2.75, 3.05) is 12.4 Å². The maximum absolute atomic E-state index is 12.2. The standard InChI is InChI=1S/C16H24FN5O4/c17-7-3-6-10(23)12(24)15(25)22-8-19-11-13(18)20-16(21-14(11)22)26-9-4-1-2-5-9/h8-10,12,15,23-25H,1-7H2,(H2,18,20,21)/t10-,12-,15?/m1/s1. The number of ether oxygens (including phenoxy) is 1. The summed E-state index contributed by atoms with van der Waals surface area (Å²) in [6.07, 6.45) is 1.06. The zero-order valence-electron chi connectivity index (χ0n) is 14.3. The average molecular weight is 369 g/mol. The van der Waals surface area contributed by atoms with E-state index in [0.717, 1.165) is 25.7 Å². The predicted molar refractivity (Wildman–Crippen MR) is 91.1 cm³/mol. The lowest BCUT2D eigenvalue weighted by atomic mass is 10.1. The fraction of sp³-hybridized carbons (Fsp3) is 0.688. The Hall–Kier alpha value is -2.04. The molecule has 0 amide bonds. The van der Waals surface area contributed by atoms with E-state index >= 15 is 0 Å². The van der Waals surface area contributed by atoms with Crippen molar-refractivity contribution in [2.24, 2.45) is 0 Å². The van der Waals surface area contributed by atoms with Crippen molar-refractivity contribution >= 4 is 17.0 Å². The Labute approximate surface area is 149 Å². The molecule has 26 heavy (non-hydrogen) atoms. The fourth-order valence-electron chi connectivity index (χ4n) is 3.14. The molecular weight excluding hydrogens is 345 g/mol. The van der Waals surface area contributed by atoms with Gasteiger partial charge in [-0.25, -0.2) is 4.98 Å². The van der Waals surface area contributed by atoms with Crippen molar-refractivity contribution in [3.8, 4) is 6.01 Å². The van der Waals surface area contributed by atoms with E-state index in [0.29, 0.717) is 0 Å². The highest BCUT2D eigenvalue weighted by Gasteiger charge is 2.28. The number of anilines is 1. The molecule has 1 fully saturated rings. The van der Waals surface area contributed by atoms with Gasteiger partial charge in [-0.15, -0.1) is 0 Å². The summed E-state index contributed by atoms with van der Waals surface area (Å²) in [7, 11) is 0. The highest BCUT2D eigenvalue weighted by molar-refractivity contribution is 5.82. The lowest BCUT2D eigenvalue weighted by Crippen LogP contribution is -2.35. The van der Waals surface area contributed by atoms with Crippen LogP contribution in [0.5, 0.6) is 6.01 Å². The number of aliphatic hydroxyl groups excluding tert-OH is 3. The lowest BCUT2D eigenvalue weighted by Gasteiger charge is -2.23. The molecule has 2 aromatic heterocycles. The summed E-state index contributed by atoms with van der Waals surface area (Å²) < 4.78 is 19.2. The average Bonchev–Trinajstić information content (AvgIpc) is 3.28. The van der Waals surface area contributed by atoms with Crippen LogP contribution in [0.15, 0.2) is 6.33 Å². The van der Waals surface area contributed by atoms with Crippen molar-refractivity contribution in [1.29, 1.82) is 0 Å². The van der Waals surface area contributed by atoms with Crippen LogP contribution < -0.4 is 10.5 Å². The number of imidazole rings is 1. The highest BCUT2D eigenvalue weighted by atomic mass is 19.1. The molecule has 0 aromatic carbocycles. The molecular formula is C16H24FN5O4. The number of hydrogen-bond acceptors (Lipinski definition) is 8. The monoisotopic (exact) mass is 369 g/mol. The van der Waals surface area contributed by atoms with Crippen LogP contribution in [0.2, 0.25) is 0 Å². The summed E-state index contributed by atoms with van der Waals surface area (Å²) in [5, 5.41) is 30.4. The minimum atomic E-state index is -1.53. The first kappa shape index (κ1) is 18.7. The van der Waals surface area contributed by atoms with Gasteiger partial charge in [0.15, 0.2) is 23.2 Å². The number of halogens is 1. The first-order valence-electron chi connectivity index (χ1n) is 8.78. The van der Waals surface area contributed by atoms with E-state index in [-0.39, 0.29) is 41.9 Å². The third-order valence-corrected chi connectivity index (χ3v) is 4.62. The summed E-state index contributed by atoms with van der Waals surface area (Å²) in [4.78, 5) is 12.4. The van der Waals surface area contributed by atoms with Gasteiger partial charge in [-0.3, -0.25) is 8.96 Å². The van der Waals surface area contributed by atoms with Gasteiger partial charge >= 0.3 is 6.01 Å². The third-order valence-electron chi connectivity index (χ3n) is 4.62. The van der Waals surface area contributed by atoms with Crippen molar-refractivity contribution in [2.45, 2.75) is 63.1 Å². The topological polar surface area (TPSA) is 140 Å². The van der Waals surface area contributed by atoms with Crippen molar-refractivity contribution in [3.63, 3.8) is 0 Å². The third kappa shape index (κ3) is 3.87. The fourth-order valence-corrected chi connectivity index (χ4v) is 3.14. The number of fused-ring (bicyclic) bond motifs is 1. The second-order valence-electron chi connectivity index (χ2n) is 6.54. The summed E-state index contributed by atoms with van der Waals surface area (Å²) in [5.41, 5.74) is 6.35. The normalized spacial score (nSPS) is 18.9. The molecule has 0 radical (unpaired) electrons. The van der Waals surface area contributed by atoms with E-state index in [1.54, 1.807) is 0 Å². The molecule has 2 aromatic rings. The largest absolute Gasteiger partial charge is 0.460 e. The number of aromatic nitrogens is 4. The smallest absolute Gasteiger partial charge is 0.320 e. The van der Waals surface area contributed by atoms with E-state index in [1.165, 1.54) is 10.9 Å². The first-order chi connectivity index (χ1) is 12.5. The predicted octanol–water partition coefficient (Wildman–Crippen LogP) is 0.692. The Balaban J connectivity index is 1.84. The van der Waals surface area contributed by atoms with Crippen LogP contribution >= 0.6 is 0 Å². The quantitative estimate of drug-likeness (QED) is 0.533. The number of nitrogen functional groups attached to an aromatic ring is 1. The molecule has 1 aliphatic rings. The summed E-state index contributed by atoms with van der Waals surface area (Å²) in [5.74, 6) is 0.0985. The zero-order valence-corrected chi connectivity index (χ0v) is 14.3. The van der Waals surface area contributed by atoms with Gasteiger partial charge in [0, 0.05) is 0 Å². The van der Waals surface area contributed by atoms with Crippen LogP contribution in [0.25, 0.3) is 11.2 Å². The molecule has 144 valence electrons. The molecule has 10 heteroatoms. The van der Waals surface area contributed by atoms with Gasteiger partial charge in [-0.05, 0) is 38.5 Å². The highest BCUT2D eigenvalue weighted by Crippen LogP contribution is 2.27. The maximum atomic E-state index is 12.2. The molecule has 1 saturated carbocycles. The summed E-state index contributed by atoms with van der Waals surface area (Å²) >= 11 is 0. The van der Waals surface area contributed by atoms with Crippen LogP contribution in [0.1, 0.15) is 44.8 Å². The molecule has 1 aliphatic carbocycles. The molecule has 0 aliphatic heterocycles. The molecule has 0 spiro atoms. The van der Waals surface area contributed by atoms with Gasteiger partial charge in [-0.2, -0.15) is 9.97 Å². The molecule has 5 N–H and O–H groups in total. The van der Waals surface area contributed by atoms with E-state index in [4.69, 9.17) is 10.5 Å². The van der Waals surface area contributed by atoms with Crippen LogP contribution in [-0.2, 0) is 0 Å². The maximum Gasteiger partial charge on any atom is 0.320 e. The van der Waals surface area contributed by atoms with E-state index in [1.807, 2.05) is 0 Å². The van der Waals surface area contributed by atoms with Crippen LogP contribution in [0.4, 0.5) is 10.2 Å². The minimum absolute atomic E-state index is 0.0223. The Kier molecular flexibility index (Phi) is 5.84. The Morgan fingerprint density at radius 2 is 2.00 bits per heavy atom. The van der Waals surface area contributed by atoms with Crippen molar-refractivity contribution in [1.82, 2.24) is 19.5 Å². The number of alkyl halides is 1. The first-order valence-corrected chi connectivity index (χ1v) is 8.78. The molecule has 3 atom stereocenters. The van der Waals surface area contributed by atoms with Crippen LogP contribution in [0, 0.1) is 0 Å². The Morgan fingerprint density at radius 3 is 2.69 bits per heavy atom. The van der Waals surface area contributed by atoms with Gasteiger partial charge in [0.25, 0.3) is 0 Å². The number of nitrogens with zero attached hydrogens (tertiary/aromatic N) is 4. The molecule has 9 nitrogen and oxygen atoms in total. The minimum Gasteiger partial charge on any atom is -0.460 e. The van der Waals surface area contributed by atoms with Crippen molar-refractivity contribution < 1.29 is 24.4 Å². The van der Waals surface area contributed by atoms with Crippen molar-refractivity contribution in [3.05, 3.63) is 6.33 Å². The number of nitrogens with two attached hydrogens (primary N) is 1. The number of rotatable bonds is 8. The van der Waals surface area contributed by atoms with Gasteiger partial charge < -0.3 is 25.8 Å². The molecule has 3 rings (SSSR count). The van der Waals surface area contributed by atoms with E-state index in [9.17, 15) is 19.7 Å². The second-order valence-corrected chi connectivity index (χ2v) is 6.54. The molecule has 0 saturated heterocycles.